The van der Waals surface area contributed by atoms with E-state index in [1.165, 1.54) is 57.8 Å². The summed E-state index contributed by atoms with van der Waals surface area (Å²) < 4.78 is 0. The monoisotopic (exact) mass is 462 g/mol. The number of aliphatic imine (C=N–C) groups is 1. The number of likely N-dealkylation sites (N-methyl/N-ethyl adjacent to an activating group) is 1. The molecule has 0 aliphatic heterocycles. The van der Waals surface area contributed by atoms with Crippen LogP contribution in [0.25, 0.3) is 0 Å². The molecule has 1 fully saturated rings. The van der Waals surface area contributed by atoms with Crippen LogP contribution in [-0.2, 0) is 4.79 Å². The lowest BCUT2D eigenvalue weighted by Gasteiger charge is -2.25. The van der Waals surface area contributed by atoms with E-state index in [0.717, 1.165) is 18.9 Å². The molecule has 0 unspecified atom stereocenters. The number of guanidine groups is 1. The van der Waals surface area contributed by atoms with E-state index in [4.69, 9.17) is 0 Å². The summed E-state index contributed by atoms with van der Waals surface area (Å²) in [4.78, 5) is 17.9. The summed E-state index contributed by atoms with van der Waals surface area (Å²) in [6.07, 6.45) is 14.9. The minimum Gasteiger partial charge on any atom is -0.356 e. The Hall–Kier alpha value is -0.790. The van der Waals surface area contributed by atoms with Crippen LogP contribution in [0.3, 0.4) is 0 Å². The van der Waals surface area contributed by atoms with Gasteiger partial charge in [0.1, 0.15) is 6.54 Å². The van der Waals surface area contributed by atoms with Crippen molar-refractivity contribution in [3.05, 3.63) is 11.6 Å². The van der Waals surface area contributed by atoms with Gasteiger partial charge in [-0.05, 0) is 44.9 Å². The van der Waals surface area contributed by atoms with Crippen molar-refractivity contribution in [2.24, 2.45) is 4.99 Å². The molecule has 25 heavy (non-hydrogen) atoms. The third-order valence-electron chi connectivity index (χ3n) is 4.94. The molecule has 5 nitrogen and oxygen atoms in total. The quantitative estimate of drug-likeness (QED) is 0.275. The van der Waals surface area contributed by atoms with E-state index >= 15 is 0 Å². The number of carbonyl (C=O) groups excluding carboxylic acids is 1. The van der Waals surface area contributed by atoms with Crippen molar-refractivity contribution in [3.63, 3.8) is 0 Å². The molecule has 0 radical (unpaired) electrons. The summed E-state index contributed by atoms with van der Waals surface area (Å²) in [6.45, 7) is 1.10. The number of hydrogen-bond donors (Lipinski definition) is 2. The Morgan fingerprint density at radius 1 is 1.20 bits per heavy atom. The van der Waals surface area contributed by atoms with Crippen LogP contribution in [0.15, 0.2) is 16.6 Å². The topological polar surface area (TPSA) is 56.7 Å². The van der Waals surface area contributed by atoms with Crippen molar-refractivity contribution in [1.82, 2.24) is 15.5 Å². The fourth-order valence-corrected chi connectivity index (χ4v) is 3.35. The van der Waals surface area contributed by atoms with Gasteiger partial charge in [-0.3, -0.25) is 4.79 Å². The first-order chi connectivity index (χ1) is 11.6. The number of rotatable bonds is 6. The molecule has 6 heteroatoms. The molecule has 144 valence electrons. The number of carbonyl (C=O) groups is 1. The molecular weight excluding hydrogens is 427 g/mol. The molecule has 2 aliphatic carbocycles. The van der Waals surface area contributed by atoms with Gasteiger partial charge in [-0.2, -0.15) is 0 Å². The minimum atomic E-state index is 0. The fourth-order valence-electron chi connectivity index (χ4n) is 3.35. The van der Waals surface area contributed by atoms with Gasteiger partial charge in [-0.15, -0.1) is 24.0 Å². The van der Waals surface area contributed by atoms with Crippen LogP contribution < -0.4 is 10.6 Å². The van der Waals surface area contributed by atoms with Crippen molar-refractivity contribution >= 4 is 35.8 Å². The molecular formula is C19H35IN4O. The van der Waals surface area contributed by atoms with Crippen LogP contribution in [0.5, 0.6) is 0 Å². The van der Waals surface area contributed by atoms with Crippen molar-refractivity contribution in [2.45, 2.75) is 70.3 Å². The largest absolute Gasteiger partial charge is 0.356 e. The molecule has 0 spiro atoms. The fraction of sp³-hybridized carbons (Fsp3) is 0.789. The third kappa shape index (κ3) is 8.92. The average molecular weight is 462 g/mol. The number of allylic oxidation sites excluding steroid dienone is 1. The smallest absolute Gasteiger partial charge is 0.243 e. The lowest BCUT2D eigenvalue weighted by atomic mass is 9.96. The second-order valence-electron chi connectivity index (χ2n) is 7.22. The zero-order chi connectivity index (χ0) is 17.2. The zero-order valence-corrected chi connectivity index (χ0v) is 18.2. The molecule has 0 atom stereocenters. The number of halogens is 1. The van der Waals surface area contributed by atoms with Gasteiger partial charge in [0, 0.05) is 26.7 Å². The van der Waals surface area contributed by atoms with E-state index in [-0.39, 0.29) is 36.4 Å². The maximum atomic E-state index is 11.8. The predicted octanol–water partition coefficient (Wildman–Crippen LogP) is 3.45. The highest BCUT2D eigenvalue weighted by Crippen LogP contribution is 2.19. The maximum Gasteiger partial charge on any atom is 0.243 e. The summed E-state index contributed by atoms with van der Waals surface area (Å²) in [7, 11) is 3.55. The molecule has 2 rings (SSSR count). The Balaban J connectivity index is 0.00000312. The van der Waals surface area contributed by atoms with Gasteiger partial charge in [-0.25, -0.2) is 4.99 Å². The van der Waals surface area contributed by atoms with Crippen LogP contribution in [0.1, 0.15) is 64.2 Å². The Kier molecular flexibility index (Phi) is 11.2. The zero-order valence-electron chi connectivity index (χ0n) is 15.9. The standard InChI is InChI=1S/C19H34N4O.HI/c1-23(2)18(24)15-21-19(22-17-11-7-4-8-12-17)20-14-13-16-9-5-3-6-10-16;/h9,17H,3-8,10-15H2,1-2H3,(H2,20,21,22);1H. The van der Waals surface area contributed by atoms with E-state index < -0.39 is 0 Å². The van der Waals surface area contributed by atoms with E-state index in [0.29, 0.717) is 6.04 Å². The van der Waals surface area contributed by atoms with Crippen molar-refractivity contribution in [3.8, 4) is 0 Å². The molecule has 2 N–H and O–H groups in total. The maximum absolute atomic E-state index is 11.8. The van der Waals surface area contributed by atoms with Crippen LogP contribution in [0, 0.1) is 0 Å². The van der Waals surface area contributed by atoms with Crippen molar-refractivity contribution in [1.29, 1.82) is 0 Å². The lowest BCUT2D eigenvalue weighted by Crippen LogP contribution is -2.45. The van der Waals surface area contributed by atoms with Crippen molar-refractivity contribution < 1.29 is 4.79 Å². The second-order valence-corrected chi connectivity index (χ2v) is 7.22. The van der Waals surface area contributed by atoms with E-state index in [9.17, 15) is 4.79 Å². The van der Waals surface area contributed by atoms with Gasteiger partial charge in [0.15, 0.2) is 5.96 Å². The number of hydrogen-bond acceptors (Lipinski definition) is 2. The first-order valence-corrected chi connectivity index (χ1v) is 9.58. The van der Waals surface area contributed by atoms with Gasteiger partial charge in [0.05, 0.1) is 0 Å². The highest BCUT2D eigenvalue weighted by atomic mass is 127. The SMILES string of the molecule is CN(C)C(=O)CN=C(NCCC1=CCCCC1)NC1CCCCC1.I. The molecule has 2 aliphatic rings. The van der Waals surface area contributed by atoms with Crippen LogP contribution in [0.4, 0.5) is 0 Å². The van der Waals surface area contributed by atoms with Gasteiger partial charge < -0.3 is 15.5 Å². The molecule has 0 heterocycles. The summed E-state index contributed by atoms with van der Waals surface area (Å²) in [6, 6.07) is 0.494. The molecule has 0 aromatic carbocycles. The highest BCUT2D eigenvalue weighted by molar-refractivity contribution is 14.0. The van der Waals surface area contributed by atoms with E-state index in [2.05, 4.69) is 21.7 Å². The Labute approximate surface area is 170 Å². The normalized spacial score (nSPS) is 18.8. The summed E-state index contributed by atoms with van der Waals surface area (Å²) in [5, 5.41) is 6.97. The number of amides is 1. The van der Waals surface area contributed by atoms with Gasteiger partial charge in [0.2, 0.25) is 5.91 Å². The molecule has 1 saturated carbocycles. The number of nitrogens with zero attached hydrogens (tertiary/aromatic N) is 2. The Morgan fingerprint density at radius 2 is 1.96 bits per heavy atom. The van der Waals surface area contributed by atoms with E-state index in [1.807, 2.05) is 0 Å². The molecule has 1 amide bonds. The second kappa shape index (κ2) is 12.5. The highest BCUT2D eigenvalue weighted by Gasteiger charge is 2.15. The number of nitrogens with one attached hydrogen (secondary N) is 2. The summed E-state index contributed by atoms with van der Waals surface area (Å²) in [5.41, 5.74) is 1.56. The van der Waals surface area contributed by atoms with Gasteiger partial charge >= 0.3 is 0 Å². The van der Waals surface area contributed by atoms with Crippen LogP contribution in [-0.4, -0.2) is 50.0 Å². The van der Waals surface area contributed by atoms with Crippen LogP contribution >= 0.6 is 24.0 Å². The molecule has 0 aromatic heterocycles. The molecule has 0 saturated heterocycles. The third-order valence-corrected chi connectivity index (χ3v) is 4.94. The van der Waals surface area contributed by atoms with E-state index in [1.54, 1.807) is 24.6 Å². The van der Waals surface area contributed by atoms with Gasteiger partial charge in [-0.1, -0.05) is 30.9 Å². The summed E-state index contributed by atoms with van der Waals surface area (Å²) >= 11 is 0. The molecule has 0 aromatic rings. The average Bonchev–Trinajstić information content (AvgIpc) is 2.61. The lowest BCUT2D eigenvalue weighted by molar-refractivity contribution is -0.127. The van der Waals surface area contributed by atoms with Gasteiger partial charge in [0.25, 0.3) is 0 Å². The van der Waals surface area contributed by atoms with Crippen molar-refractivity contribution in [2.75, 3.05) is 27.2 Å². The Bertz CT molecular complexity index is 456. The van der Waals surface area contributed by atoms with Crippen LogP contribution in [0.2, 0.25) is 0 Å². The first-order valence-electron chi connectivity index (χ1n) is 9.58. The first kappa shape index (κ1) is 22.3. The Morgan fingerprint density at radius 3 is 2.60 bits per heavy atom. The predicted molar refractivity (Wildman–Crippen MR) is 116 cm³/mol. The summed E-state index contributed by atoms with van der Waals surface area (Å²) in [5.74, 6) is 0.836. The minimum absolute atomic E-state index is 0. The molecule has 0 bridgehead atoms.